The van der Waals surface area contributed by atoms with Gasteiger partial charge in [-0.25, -0.2) is 17.2 Å². The predicted molar refractivity (Wildman–Crippen MR) is 97.0 cm³/mol. The molecule has 9 heteroatoms. The molecule has 2 rings (SSSR count). The molecule has 0 aliphatic heterocycles. The maximum Gasteiger partial charge on any atom is 0.262 e. The Hall–Kier alpha value is -2.52. The Morgan fingerprint density at radius 1 is 1.04 bits per heavy atom. The first-order valence-electron chi connectivity index (χ1n) is 8.25. The second kappa shape index (κ2) is 8.92. The van der Waals surface area contributed by atoms with Crippen LogP contribution in [0.15, 0.2) is 47.4 Å². The molecule has 1 amide bonds. The molecule has 0 aromatic heterocycles. The normalized spacial score (nSPS) is 11.4. The number of amides is 1. The van der Waals surface area contributed by atoms with Gasteiger partial charge in [-0.15, -0.1) is 0 Å². The van der Waals surface area contributed by atoms with E-state index in [1.54, 1.807) is 13.8 Å². The molecule has 2 aromatic rings. The van der Waals surface area contributed by atoms with Crippen molar-refractivity contribution in [2.45, 2.75) is 18.7 Å². The second-order valence-electron chi connectivity index (χ2n) is 5.53. The molecule has 0 heterocycles. The van der Waals surface area contributed by atoms with E-state index in [0.29, 0.717) is 18.8 Å². The van der Waals surface area contributed by atoms with Crippen LogP contribution >= 0.6 is 0 Å². The first-order chi connectivity index (χ1) is 12.8. The van der Waals surface area contributed by atoms with Gasteiger partial charge in [-0.05, 0) is 36.4 Å². The molecule has 0 unspecified atom stereocenters. The Morgan fingerprint density at radius 3 is 2.22 bits per heavy atom. The fourth-order valence-corrected chi connectivity index (χ4v) is 3.80. The monoisotopic (exact) mass is 398 g/mol. The van der Waals surface area contributed by atoms with Gasteiger partial charge in [0, 0.05) is 24.8 Å². The average molecular weight is 398 g/mol. The summed E-state index contributed by atoms with van der Waals surface area (Å²) in [6.07, 6.45) is 0. The Morgan fingerprint density at radius 2 is 1.67 bits per heavy atom. The van der Waals surface area contributed by atoms with Crippen molar-refractivity contribution < 1.29 is 26.7 Å². The molecule has 6 nitrogen and oxygen atoms in total. The first kappa shape index (κ1) is 20.8. The van der Waals surface area contributed by atoms with E-state index in [0.717, 1.165) is 12.1 Å². The lowest BCUT2D eigenvalue weighted by atomic mass is 10.3. The van der Waals surface area contributed by atoms with Gasteiger partial charge >= 0.3 is 0 Å². The smallest absolute Gasteiger partial charge is 0.262 e. The van der Waals surface area contributed by atoms with E-state index >= 15 is 0 Å². The van der Waals surface area contributed by atoms with E-state index in [1.807, 2.05) is 0 Å². The van der Waals surface area contributed by atoms with Crippen molar-refractivity contribution in [1.29, 1.82) is 0 Å². The standard InChI is InChI=1S/C18H20F2N2O4S/c1-3-22(4-2)27(24,25)15-8-6-14(7-9-15)26-12-18(23)21-13-5-10-16(19)17(20)11-13/h5-11H,3-4,12H2,1-2H3,(H,21,23). The molecule has 146 valence electrons. The number of hydrogen-bond acceptors (Lipinski definition) is 4. The van der Waals surface area contributed by atoms with Crippen LogP contribution in [0.1, 0.15) is 13.8 Å². The highest BCUT2D eigenvalue weighted by molar-refractivity contribution is 7.89. The van der Waals surface area contributed by atoms with Gasteiger partial charge in [0.1, 0.15) is 5.75 Å². The minimum Gasteiger partial charge on any atom is -0.484 e. The summed E-state index contributed by atoms with van der Waals surface area (Å²) < 4.78 is 57.4. The van der Waals surface area contributed by atoms with Crippen LogP contribution in [-0.2, 0) is 14.8 Å². The average Bonchev–Trinajstić information content (AvgIpc) is 2.64. The van der Waals surface area contributed by atoms with Crippen LogP contribution in [-0.4, -0.2) is 38.3 Å². The molecule has 2 aromatic carbocycles. The zero-order chi connectivity index (χ0) is 20.0. The molecule has 0 radical (unpaired) electrons. The third-order valence-corrected chi connectivity index (χ3v) is 5.80. The topological polar surface area (TPSA) is 75.7 Å². The number of halogens is 2. The minimum atomic E-state index is -3.57. The fraction of sp³-hybridized carbons (Fsp3) is 0.278. The summed E-state index contributed by atoms with van der Waals surface area (Å²) in [4.78, 5) is 11.9. The maximum atomic E-state index is 13.1. The third-order valence-electron chi connectivity index (χ3n) is 3.74. The number of nitrogens with zero attached hydrogens (tertiary/aromatic N) is 1. The number of hydrogen-bond donors (Lipinski definition) is 1. The summed E-state index contributed by atoms with van der Waals surface area (Å²) in [7, 11) is -3.57. The lowest BCUT2D eigenvalue weighted by Gasteiger charge is -2.18. The van der Waals surface area contributed by atoms with Crippen LogP contribution < -0.4 is 10.1 Å². The summed E-state index contributed by atoms with van der Waals surface area (Å²) in [5.41, 5.74) is 0.100. The fourth-order valence-electron chi connectivity index (χ4n) is 2.34. The summed E-state index contributed by atoms with van der Waals surface area (Å²) in [5.74, 6) is -2.35. The van der Waals surface area contributed by atoms with Gasteiger partial charge < -0.3 is 10.1 Å². The minimum absolute atomic E-state index is 0.100. The van der Waals surface area contributed by atoms with Gasteiger partial charge in [0.15, 0.2) is 18.2 Å². The van der Waals surface area contributed by atoms with E-state index in [-0.39, 0.29) is 17.2 Å². The van der Waals surface area contributed by atoms with E-state index in [1.165, 1.54) is 34.6 Å². The largest absolute Gasteiger partial charge is 0.484 e. The zero-order valence-electron chi connectivity index (χ0n) is 14.9. The van der Waals surface area contributed by atoms with Crippen molar-refractivity contribution in [3.05, 3.63) is 54.1 Å². The van der Waals surface area contributed by atoms with Crippen LogP contribution in [0.2, 0.25) is 0 Å². The number of sulfonamides is 1. The first-order valence-corrected chi connectivity index (χ1v) is 9.69. The van der Waals surface area contributed by atoms with E-state index in [2.05, 4.69) is 5.32 Å². The molecule has 0 saturated heterocycles. The number of rotatable bonds is 8. The molecule has 0 aliphatic rings. The van der Waals surface area contributed by atoms with Crippen molar-refractivity contribution in [3.8, 4) is 5.75 Å². The summed E-state index contributed by atoms with van der Waals surface area (Å²) in [6.45, 7) is 3.86. The zero-order valence-corrected chi connectivity index (χ0v) is 15.7. The Bertz CT molecular complexity index is 898. The van der Waals surface area contributed by atoms with E-state index < -0.39 is 27.6 Å². The number of carbonyl (C=O) groups excluding carboxylic acids is 1. The van der Waals surface area contributed by atoms with Gasteiger partial charge in [0.25, 0.3) is 5.91 Å². The number of benzene rings is 2. The van der Waals surface area contributed by atoms with Crippen molar-refractivity contribution >= 4 is 21.6 Å². The van der Waals surface area contributed by atoms with Crippen molar-refractivity contribution in [2.24, 2.45) is 0 Å². The molecular formula is C18H20F2N2O4S. The molecule has 0 aliphatic carbocycles. The van der Waals surface area contributed by atoms with Gasteiger partial charge in [-0.1, -0.05) is 13.8 Å². The third kappa shape index (κ3) is 5.24. The SMILES string of the molecule is CCN(CC)S(=O)(=O)c1ccc(OCC(=O)Nc2ccc(F)c(F)c2)cc1. The van der Waals surface area contributed by atoms with E-state index in [4.69, 9.17) is 4.74 Å². The molecule has 0 bridgehead atoms. The predicted octanol–water partition coefficient (Wildman–Crippen LogP) is 3.01. The maximum absolute atomic E-state index is 13.1. The highest BCUT2D eigenvalue weighted by Crippen LogP contribution is 2.19. The van der Waals surface area contributed by atoms with Crippen LogP contribution in [0, 0.1) is 11.6 Å². The number of ether oxygens (including phenoxy) is 1. The summed E-state index contributed by atoms with van der Waals surface area (Å²) in [6, 6.07) is 8.68. The lowest BCUT2D eigenvalue weighted by molar-refractivity contribution is -0.118. The van der Waals surface area contributed by atoms with Crippen LogP contribution in [0.4, 0.5) is 14.5 Å². The molecule has 0 spiro atoms. The van der Waals surface area contributed by atoms with Crippen molar-refractivity contribution in [2.75, 3.05) is 25.0 Å². The van der Waals surface area contributed by atoms with Gasteiger partial charge in [-0.2, -0.15) is 4.31 Å². The summed E-state index contributed by atoms with van der Waals surface area (Å²) in [5, 5.41) is 2.37. The molecule has 0 saturated carbocycles. The quantitative estimate of drug-likeness (QED) is 0.742. The number of carbonyl (C=O) groups is 1. The van der Waals surface area contributed by atoms with Gasteiger partial charge in [-0.3, -0.25) is 4.79 Å². The lowest BCUT2D eigenvalue weighted by Crippen LogP contribution is -2.30. The van der Waals surface area contributed by atoms with E-state index in [9.17, 15) is 22.0 Å². The second-order valence-corrected chi connectivity index (χ2v) is 7.46. The molecule has 0 atom stereocenters. The van der Waals surface area contributed by atoms with Gasteiger partial charge in [0.2, 0.25) is 10.0 Å². The molecule has 27 heavy (non-hydrogen) atoms. The number of nitrogens with one attached hydrogen (secondary N) is 1. The molecular weight excluding hydrogens is 378 g/mol. The Balaban J connectivity index is 1.96. The highest BCUT2D eigenvalue weighted by Gasteiger charge is 2.21. The van der Waals surface area contributed by atoms with Crippen molar-refractivity contribution in [3.63, 3.8) is 0 Å². The number of anilines is 1. The van der Waals surface area contributed by atoms with Crippen LogP contribution in [0.25, 0.3) is 0 Å². The molecule has 1 N–H and O–H groups in total. The van der Waals surface area contributed by atoms with Crippen LogP contribution in [0.3, 0.4) is 0 Å². The highest BCUT2D eigenvalue weighted by atomic mass is 32.2. The molecule has 0 fully saturated rings. The van der Waals surface area contributed by atoms with Crippen molar-refractivity contribution in [1.82, 2.24) is 4.31 Å². The summed E-state index contributed by atoms with van der Waals surface area (Å²) >= 11 is 0. The Kier molecular flexibility index (Phi) is 6.86. The van der Waals surface area contributed by atoms with Crippen LogP contribution in [0.5, 0.6) is 5.75 Å². The Labute approximate surface area is 156 Å². The van der Waals surface area contributed by atoms with Gasteiger partial charge in [0.05, 0.1) is 4.90 Å².